The van der Waals surface area contributed by atoms with E-state index in [4.69, 9.17) is 0 Å². The number of halogens is 7. The van der Waals surface area contributed by atoms with Gasteiger partial charge in [-0.1, -0.05) is 53.4 Å². The van der Waals surface area contributed by atoms with Gasteiger partial charge in [0, 0.05) is 28.2 Å². The summed E-state index contributed by atoms with van der Waals surface area (Å²) in [7, 11) is -3.76. The number of unbranched alkanes of at least 4 members (excludes halogenated alkanes) is 4. The normalized spacial score (nSPS) is 13.2. The first kappa shape index (κ1) is 39.4. The monoisotopic (exact) mass is 523 g/mol. The fourth-order valence-corrected chi connectivity index (χ4v) is 3.04. The summed E-state index contributed by atoms with van der Waals surface area (Å²) in [5.74, 6) is 0. The molecule has 0 fully saturated rings. The van der Waals surface area contributed by atoms with E-state index in [-0.39, 0.29) is 10.7 Å². The van der Waals surface area contributed by atoms with Gasteiger partial charge >= 0.3 is 39.0 Å². The molecule has 0 aliphatic carbocycles. The molecule has 12 heteroatoms. The van der Waals surface area contributed by atoms with Gasteiger partial charge < -0.3 is 14.3 Å². The van der Waals surface area contributed by atoms with Gasteiger partial charge in [-0.05, 0) is 25.7 Å². The first-order chi connectivity index (χ1) is 14.2. The van der Waals surface area contributed by atoms with Crippen LogP contribution in [0.1, 0.15) is 79.1 Å². The van der Waals surface area contributed by atoms with Crippen molar-refractivity contribution in [2.24, 2.45) is 0 Å². The van der Waals surface area contributed by atoms with Crippen LogP contribution in [0.5, 0.6) is 0 Å². The van der Waals surface area contributed by atoms with Crippen molar-refractivity contribution < 1.29 is 39.2 Å². The Morgan fingerprint density at radius 3 is 0.879 bits per heavy atom. The molecular weight excluding hydrogens is 474 g/mol. The SMILES string of the molecule is CCCC[N+](CCCC)(CCCC)CCCC.CN(C)C(=O)N(C)C.F.F[P-](F)(F)(F)(F)F. The van der Waals surface area contributed by atoms with Gasteiger partial charge in [-0.15, -0.1) is 0 Å². The number of carbonyl (C=O) groups is 1. The molecule has 0 bridgehead atoms. The number of rotatable bonds is 12. The van der Waals surface area contributed by atoms with Crippen LogP contribution in [-0.2, 0) is 0 Å². The second-order valence-electron chi connectivity index (χ2n) is 8.68. The Kier molecular flexibility index (Phi) is 20.0. The summed E-state index contributed by atoms with van der Waals surface area (Å²) in [6.07, 6.45) is 11.1. The molecule has 0 saturated heterocycles. The molecule has 0 atom stereocenters. The van der Waals surface area contributed by atoms with E-state index >= 15 is 0 Å². The summed E-state index contributed by atoms with van der Waals surface area (Å²) in [6, 6.07) is 0.0185. The Hall–Kier alpha value is -0.830. The first-order valence-corrected chi connectivity index (χ1v) is 13.6. The van der Waals surface area contributed by atoms with Crippen molar-refractivity contribution in [1.29, 1.82) is 0 Å². The zero-order valence-corrected chi connectivity index (χ0v) is 22.8. The Morgan fingerprint density at radius 1 is 0.606 bits per heavy atom. The van der Waals surface area contributed by atoms with E-state index < -0.39 is 7.81 Å². The van der Waals surface area contributed by atoms with Gasteiger partial charge in [0.2, 0.25) is 0 Å². The number of carbonyl (C=O) groups excluding carboxylic acids is 1. The van der Waals surface area contributed by atoms with Gasteiger partial charge in [0.15, 0.2) is 0 Å². The Balaban J connectivity index is -0.000000219. The van der Waals surface area contributed by atoms with Gasteiger partial charge in [-0.2, -0.15) is 0 Å². The van der Waals surface area contributed by atoms with Crippen molar-refractivity contribution in [3.63, 3.8) is 0 Å². The number of quaternary nitrogens is 1. The minimum absolute atomic E-state index is 0. The molecule has 0 radical (unpaired) electrons. The predicted molar refractivity (Wildman–Crippen MR) is 128 cm³/mol. The molecule has 33 heavy (non-hydrogen) atoms. The average molecular weight is 524 g/mol. The topological polar surface area (TPSA) is 23.6 Å². The third kappa shape index (κ3) is 35.9. The molecule has 2 amide bonds. The molecular formula is C21H49F7N3OP. The fourth-order valence-electron chi connectivity index (χ4n) is 3.04. The summed E-state index contributed by atoms with van der Waals surface area (Å²) in [4.78, 5) is 13.8. The third-order valence-corrected chi connectivity index (χ3v) is 4.71. The summed E-state index contributed by atoms with van der Waals surface area (Å²) in [5.41, 5.74) is 0. The minimum atomic E-state index is -10.7. The molecule has 4 nitrogen and oxygen atoms in total. The number of hydrogen-bond donors (Lipinski definition) is 0. The molecule has 0 aromatic rings. The maximum atomic E-state index is 10.7. The van der Waals surface area contributed by atoms with Crippen molar-refractivity contribution in [2.45, 2.75) is 79.1 Å². The van der Waals surface area contributed by atoms with E-state index in [9.17, 15) is 30.0 Å². The van der Waals surface area contributed by atoms with E-state index in [1.165, 1.54) is 91.8 Å². The molecule has 208 valence electrons. The van der Waals surface area contributed by atoms with E-state index in [0.29, 0.717) is 0 Å². The Labute approximate surface area is 196 Å². The van der Waals surface area contributed by atoms with Gasteiger partial charge in [0.1, 0.15) is 0 Å². The van der Waals surface area contributed by atoms with Gasteiger partial charge in [0.05, 0.1) is 26.2 Å². The van der Waals surface area contributed by atoms with Crippen LogP contribution in [0.15, 0.2) is 0 Å². The second kappa shape index (κ2) is 16.7. The molecule has 0 unspecified atom stereocenters. The Bertz CT molecular complexity index is 428. The second-order valence-corrected chi connectivity index (χ2v) is 10.6. The number of hydrogen-bond acceptors (Lipinski definition) is 1. The van der Waals surface area contributed by atoms with Crippen molar-refractivity contribution in [1.82, 2.24) is 9.80 Å². The van der Waals surface area contributed by atoms with Gasteiger partial charge in [-0.3, -0.25) is 4.70 Å². The van der Waals surface area contributed by atoms with Crippen LogP contribution in [0, 0.1) is 0 Å². The van der Waals surface area contributed by atoms with Crippen LogP contribution in [0.3, 0.4) is 0 Å². The molecule has 0 rings (SSSR count). The fraction of sp³-hybridized carbons (Fsp3) is 0.952. The Morgan fingerprint density at radius 2 is 0.788 bits per heavy atom. The summed E-state index contributed by atoms with van der Waals surface area (Å²) >= 11 is 0. The molecule has 0 aromatic heterocycles. The summed E-state index contributed by atoms with van der Waals surface area (Å²) in [5, 5.41) is 0. The zero-order valence-electron chi connectivity index (χ0n) is 21.9. The van der Waals surface area contributed by atoms with Crippen LogP contribution in [0.2, 0.25) is 0 Å². The maximum absolute atomic E-state index is 10.7. The van der Waals surface area contributed by atoms with Crippen molar-refractivity contribution in [2.75, 3.05) is 54.4 Å². The van der Waals surface area contributed by atoms with Gasteiger partial charge in [-0.25, -0.2) is 4.79 Å². The third-order valence-electron chi connectivity index (χ3n) is 4.71. The predicted octanol–water partition coefficient (Wildman–Crippen LogP) is 8.77. The van der Waals surface area contributed by atoms with Crippen LogP contribution in [0.25, 0.3) is 0 Å². The standard InChI is InChI=1S/C16H36N.C5H12N2O.F6P.FH/c1-5-9-13-17(14-10-6-2,15-11-7-3)16-12-8-4;1-6(2)5(8)7(3)4;1-7(2,3,4,5)6;/h5-16H2,1-4H3;1-4H3;;1H/q+1;;-1;. The molecule has 0 saturated carbocycles. The van der Waals surface area contributed by atoms with Crippen LogP contribution in [-0.4, -0.2) is 74.7 Å². The molecule has 0 heterocycles. The van der Waals surface area contributed by atoms with Crippen LogP contribution >= 0.6 is 7.81 Å². The zero-order chi connectivity index (χ0) is 26.1. The average Bonchev–Trinajstić information content (AvgIpc) is 2.64. The van der Waals surface area contributed by atoms with E-state index in [1.807, 2.05) is 0 Å². The van der Waals surface area contributed by atoms with Crippen LogP contribution in [0.4, 0.5) is 34.7 Å². The van der Waals surface area contributed by atoms with E-state index in [2.05, 4.69) is 27.7 Å². The quantitative estimate of drug-likeness (QED) is 0.142. The number of nitrogens with zero attached hydrogens (tertiary/aromatic N) is 3. The number of amides is 2. The molecule has 0 N–H and O–H groups in total. The van der Waals surface area contributed by atoms with Crippen LogP contribution < -0.4 is 0 Å². The summed E-state index contributed by atoms with van der Waals surface area (Å²) < 4.78 is 60.6. The van der Waals surface area contributed by atoms with Crippen molar-refractivity contribution in [3.8, 4) is 0 Å². The molecule has 0 aromatic carbocycles. The number of urea groups is 1. The first-order valence-electron chi connectivity index (χ1n) is 11.5. The van der Waals surface area contributed by atoms with Crippen molar-refractivity contribution >= 4 is 13.8 Å². The molecule has 0 aliphatic rings. The molecule has 0 spiro atoms. The van der Waals surface area contributed by atoms with E-state index in [0.717, 1.165) is 0 Å². The molecule has 0 aliphatic heterocycles. The van der Waals surface area contributed by atoms with Gasteiger partial charge in [0.25, 0.3) is 0 Å². The summed E-state index contributed by atoms with van der Waals surface area (Å²) in [6.45, 7) is 15.0. The van der Waals surface area contributed by atoms with Crippen molar-refractivity contribution in [3.05, 3.63) is 0 Å². The van der Waals surface area contributed by atoms with E-state index in [1.54, 1.807) is 28.2 Å².